The molecule has 2 aromatic rings. The van der Waals surface area contributed by atoms with Gasteiger partial charge in [0.2, 0.25) is 5.95 Å². The zero-order valence-corrected chi connectivity index (χ0v) is 14.5. The van der Waals surface area contributed by atoms with Crippen LogP contribution in [0.5, 0.6) is 0 Å². The first-order valence-corrected chi connectivity index (χ1v) is 9.05. The fourth-order valence-electron chi connectivity index (χ4n) is 3.56. The van der Waals surface area contributed by atoms with Gasteiger partial charge in [0.15, 0.2) is 0 Å². The highest BCUT2D eigenvalue weighted by molar-refractivity contribution is 5.54. The number of nitrogens with zero attached hydrogens (tertiary/aromatic N) is 5. The number of hydrogen-bond acceptors (Lipinski definition) is 6. The molecule has 6 nitrogen and oxygen atoms in total. The highest BCUT2D eigenvalue weighted by Crippen LogP contribution is 2.23. The molecule has 0 bridgehead atoms. The van der Waals surface area contributed by atoms with Crippen LogP contribution in [0.4, 0.5) is 11.6 Å². The second-order valence-corrected chi connectivity index (χ2v) is 6.54. The van der Waals surface area contributed by atoms with E-state index in [1.165, 1.54) is 11.3 Å². The molecule has 0 aliphatic carbocycles. The average Bonchev–Trinajstić information content (AvgIpc) is 2.70. The summed E-state index contributed by atoms with van der Waals surface area (Å²) < 4.78 is 5.50. The molecule has 6 heteroatoms. The molecule has 1 aromatic carbocycles. The third-order valence-corrected chi connectivity index (χ3v) is 4.94. The van der Waals surface area contributed by atoms with Crippen LogP contribution < -0.4 is 9.80 Å². The first-order valence-electron chi connectivity index (χ1n) is 9.05. The molecule has 0 atom stereocenters. The lowest BCUT2D eigenvalue weighted by molar-refractivity contribution is 0.122. The molecule has 1 aromatic heterocycles. The first-order chi connectivity index (χ1) is 12.4. The van der Waals surface area contributed by atoms with Crippen molar-refractivity contribution in [2.45, 2.75) is 6.54 Å². The Bertz CT molecular complexity index is 667. The van der Waals surface area contributed by atoms with Crippen molar-refractivity contribution < 1.29 is 4.74 Å². The molecule has 2 aliphatic rings. The second-order valence-electron chi connectivity index (χ2n) is 6.54. The van der Waals surface area contributed by atoms with Crippen molar-refractivity contribution in [1.29, 1.82) is 0 Å². The van der Waals surface area contributed by atoms with Crippen LogP contribution in [-0.4, -0.2) is 67.4 Å². The van der Waals surface area contributed by atoms with Crippen LogP contribution in [0, 0.1) is 0 Å². The van der Waals surface area contributed by atoms with Gasteiger partial charge >= 0.3 is 0 Å². The van der Waals surface area contributed by atoms with Gasteiger partial charge in [0.25, 0.3) is 0 Å². The number of para-hydroxylation sites is 1. The summed E-state index contributed by atoms with van der Waals surface area (Å²) in [5.74, 6) is 0.843. The van der Waals surface area contributed by atoms with Crippen LogP contribution in [-0.2, 0) is 11.3 Å². The van der Waals surface area contributed by atoms with Crippen LogP contribution in [0.2, 0.25) is 0 Å². The lowest BCUT2D eigenvalue weighted by Gasteiger charge is -2.36. The number of piperazine rings is 1. The summed E-state index contributed by atoms with van der Waals surface area (Å²) in [7, 11) is 0. The fraction of sp³-hybridized carbons (Fsp3) is 0.474. The van der Waals surface area contributed by atoms with Crippen LogP contribution in [0.25, 0.3) is 0 Å². The maximum Gasteiger partial charge on any atom is 0.225 e. The molecule has 0 N–H and O–H groups in total. The number of aromatic nitrogens is 2. The summed E-state index contributed by atoms with van der Waals surface area (Å²) in [6, 6.07) is 10.7. The Kier molecular flexibility index (Phi) is 5.09. The molecule has 132 valence electrons. The van der Waals surface area contributed by atoms with E-state index in [1.807, 2.05) is 18.5 Å². The average molecular weight is 339 g/mol. The van der Waals surface area contributed by atoms with Gasteiger partial charge in [-0.3, -0.25) is 4.90 Å². The number of rotatable bonds is 4. The quantitative estimate of drug-likeness (QED) is 0.844. The molecule has 0 spiro atoms. The lowest BCUT2D eigenvalue weighted by atomic mass is 10.1. The van der Waals surface area contributed by atoms with Gasteiger partial charge in [0.1, 0.15) is 0 Å². The van der Waals surface area contributed by atoms with Crippen LogP contribution >= 0.6 is 0 Å². The van der Waals surface area contributed by atoms with E-state index in [1.54, 1.807) is 0 Å². The van der Waals surface area contributed by atoms with E-state index in [0.29, 0.717) is 0 Å². The van der Waals surface area contributed by atoms with Crippen molar-refractivity contribution in [2.24, 2.45) is 0 Å². The maximum absolute atomic E-state index is 5.50. The number of benzene rings is 1. The van der Waals surface area contributed by atoms with E-state index in [9.17, 15) is 0 Å². The summed E-state index contributed by atoms with van der Waals surface area (Å²) >= 11 is 0. The summed E-state index contributed by atoms with van der Waals surface area (Å²) in [6.07, 6.45) is 3.63. The largest absolute Gasteiger partial charge is 0.378 e. The summed E-state index contributed by atoms with van der Waals surface area (Å²) in [4.78, 5) is 16.0. The predicted molar refractivity (Wildman–Crippen MR) is 99.0 cm³/mol. The minimum atomic E-state index is 0.823. The Hall–Kier alpha value is -2.18. The molecule has 0 radical (unpaired) electrons. The topological polar surface area (TPSA) is 44.7 Å². The van der Waals surface area contributed by atoms with Crippen molar-refractivity contribution in [3.63, 3.8) is 0 Å². The zero-order valence-electron chi connectivity index (χ0n) is 14.5. The van der Waals surface area contributed by atoms with Gasteiger partial charge in [-0.25, -0.2) is 9.97 Å². The number of hydrogen-bond donors (Lipinski definition) is 0. The smallest absolute Gasteiger partial charge is 0.225 e. The van der Waals surface area contributed by atoms with Crippen LogP contribution in [0.1, 0.15) is 5.56 Å². The van der Waals surface area contributed by atoms with Crippen LogP contribution in [0.3, 0.4) is 0 Å². The number of morpholine rings is 1. The van der Waals surface area contributed by atoms with E-state index in [2.05, 4.69) is 48.9 Å². The summed E-state index contributed by atoms with van der Waals surface area (Å²) in [6.45, 7) is 8.64. The molecule has 2 saturated heterocycles. The van der Waals surface area contributed by atoms with E-state index < -0.39 is 0 Å². The number of ether oxygens (including phenoxy) is 1. The minimum Gasteiger partial charge on any atom is -0.378 e. The van der Waals surface area contributed by atoms with E-state index >= 15 is 0 Å². The monoisotopic (exact) mass is 339 g/mol. The molecule has 25 heavy (non-hydrogen) atoms. The minimum absolute atomic E-state index is 0.823. The summed E-state index contributed by atoms with van der Waals surface area (Å²) in [5.41, 5.74) is 2.77. The maximum atomic E-state index is 5.50. The third-order valence-electron chi connectivity index (χ3n) is 4.94. The summed E-state index contributed by atoms with van der Waals surface area (Å²) in [5, 5.41) is 0. The Balaban J connectivity index is 1.39. The van der Waals surface area contributed by atoms with E-state index in [0.717, 1.165) is 65.0 Å². The fourth-order valence-corrected chi connectivity index (χ4v) is 3.56. The van der Waals surface area contributed by atoms with Crippen molar-refractivity contribution >= 4 is 11.6 Å². The molecule has 4 rings (SSSR count). The Morgan fingerprint density at radius 2 is 1.52 bits per heavy atom. The molecular weight excluding hydrogens is 314 g/mol. The van der Waals surface area contributed by atoms with Crippen LogP contribution in [0.15, 0.2) is 42.7 Å². The number of anilines is 2. The van der Waals surface area contributed by atoms with Crippen molar-refractivity contribution in [1.82, 2.24) is 14.9 Å². The van der Waals surface area contributed by atoms with E-state index in [-0.39, 0.29) is 0 Å². The van der Waals surface area contributed by atoms with Gasteiger partial charge in [-0.2, -0.15) is 0 Å². The van der Waals surface area contributed by atoms with Crippen molar-refractivity contribution in [3.05, 3.63) is 48.3 Å². The third kappa shape index (κ3) is 3.91. The highest BCUT2D eigenvalue weighted by atomic mass is 16.5. The van der Waals surface area contributed by atoms with Gasteiger partial charge < -0.3 is 14.5 Å². The molecule has 0 saturated carbocycles. The Labute approximate surface area is 149 Å². The first kappa shape index (κ1) is 16.3. The Morgan fingerprint density at radius 3 is 2.28 bits per heavy atom. The SMILES string of the molecule is c1cnc(N2CCN(Cc3ccccc3N3CCOCC3)CC2)nc1. The molecule has 0 amide bonds. The molecule has 2 aliphatic heterocycles. The van der Waals surface area contributed by atoms with E-state index in [4.69, 9.17) is 4.74 Å². The predicted octanol–water partition coefficient (Wildman–Crippen LogP) is 1.64. The standard InChI is InChI=1S/C19H25N5O/c1-2-5-18(23-12-14-25-15-13-23)17(4-1)16-22-8-10-24(11-9-22)19-20-6-3-7-21-19/h1-7H,8-16H2. The molecular formula is C19H25N5O. The zero-order chi connectivity index (χ0) is 16.9. The second kappa shape index (κ2) is 7.80. The van der Waals surface area contributed by atoms with Gasteiger partial charge in [-0.15, -0.1) is 0 Å². The Morgan fingerprint density at radius 1 is 0.800 bits per heavy atom. The van der Waals surface area contributed by atoms with Gasteiger partial charge in [0, 0.05) is 63.9 Å². The molecule has 3 heterocycles. The molecule has 2 fully saturated rings. The highest BCUT2D eigenvalue weighted by Gasteiger charge is 2.21. The van der Waals surface area contributed by atoms with Crippen molar-refractivity contribution in [3.8, 4) is 0 Å². The van der Waals surface area contributed by atoms with Gasteiger partial charge in [0.05, 0.1) is 13.2 Å². The lowest BCUT2D eigenvalue weighted by Crippen LogP contribution is -2.46. The van der Waals surface area contributed by atoms with Gasteiger partial charge in [-0.05, 0) is 17.7 Å². The molecule has 0 unspecified atom stereocenters. The van der Waals surface area contributed by atoms with Crippen molar-refractivity contribution in [2.75, 3.05) is 62.3 Å². The normalized spacial score (nSPS) is 19.2. The van der Waals surface area contributed by atoms with Gasteiger partial charge in [-0.1, -0.05) is 18.2 Å².